The Kier molecular flexibility index (Phi) is 8.10. The third-order valence-electron chi connectivity index (χ3n) is 15.7. The average Bonchev–Trinajstić information content (AvgIpc) is 3.70. The summed E-state index contributed by atoms with van der Waals surface area (Å²) < 4.78 is 32.9. The molecule has 11 atom stereocenters. The van der Waals surface area contributed by atoms with Gasteiger partial charge >= 0.3 is 0 Å². The molecule has 0 aromatic heterocycles. The molecule has 1 aromatic carbocycles. The molecule has 7 aliphatic rings. The first-order chi connectivity index (χ1) is 23.4. The average molecular weight is 695 g/mol. The van der Waals surface area contributed by atoms with E-state index in [-0.39, 0.29) is 51.3 Å². The van der Waals surface area contributed by atoms with Crippen LogP contribution in [0.3, 0.4) is 0 Å². The van der Waals surface area contributed by atoms with Gasteiger partial charge in [-0.3, -0.25) is 4.79 Å². The van der Waals surface area contributed by atoms with Gasteiger partial charge in [-0.1, -0.05) is 34.6 Å². The molecule has 3 N–H and O–H groups in total. The van der Waals surface area contributed by atoms with Crippen molar-refractivity contribution < 1.29 is 38.7 Å². The maximum Gasteiger partial charge on any atom is 0.254 e. The normalized spacial score (nSPS) is 45.1. The standard InChI is InChI=1S/C41H57FNO7/c1-23-20-26(33(44)37(4,5)47)49-32-31(23)38(6)16-17-41-22-40(41)15-14-29(36(2,3)27(40)12-13-28(41)39(38,7)34(32)45)50-30-21-43(18-19-48-30)35(46)24-8-10-25(42)11-9-24/h8-11,23,27,29-31,33-34,44-45,47H,12-22H2,1-7H3/t23-,27+,29?,30+,31+,33+,34+,38-,39-,40-,41+/m1/s1. The molecule has 2 spiro atoms. The third kappa shape index (κ3) is 4.71. The van der Waals surface area contributed by atoms with Gasteiger partial charge in [0.15, 0.2) is 6.29 Å². The van der Waals surface area contributed by atoms with E-state index in [1.54, 1.807) is 24.7 Å². The predicted octanol–water partition coefficient (Wildman–Crippen LogP) is 6.24. The molecule has 0 bridgehead atoms. The van der Waals surface area contributed by atoms with E-state index < -0.39 is 29.5 Å². The summed E-state index contributed by atoms with van der Waals surface area (Å²) in [6.45, 7) is 16.1. The smallest absolute Gasteiger partial charge is 0.254 e. The lowest BCUT2D eigenvalue weighted by Gasteiger charge is -2.63. The van der Waals surface area contributed by atoms with Crippen LogP contribution >= 0.6 is 0 Å². The monoisotopic (exact) mass is 694 g/mol. The highest BCUT2D eigenvalue weighted by Gasteiger charge is 2.85. The number of morpholine rings is 1. The number of halogens is 1. The van der Waals surface area contributed by atoms with Crippen LogP contribution in [0.4, 0.5) is 4.39 Å². The second kappa shape index (κ2) is 11.4. The van der Waals surface area contributed by atoms with Gasteiger partial charge in [-0.05, 0) is 129 Å². The summed E-state index contributed by atoms with van der Waals surface area (Å²) in [7, 11) is 0. The summed E-state index contributed by atoms with van der Waals surface area (Å²) >= 11 is 0. The SMILES string of the molecule is C[C@@H]1C[C]([C@H](O)C(C)(C)O)O[C]2[C@H]1[C@@]1(C)CC[C@@]34C[C@@]35CCC(O[C@H]3CN(C(=O)c6ccc(F)cc6)CCO3)C(C)(C)[C@@H]5CC[C]4[C@]1(C)[C@H]2O. The molecule has 9 heteroatoms. The zero-order valence-corrected chi connectivity index (χ0v) is 30.9. The van der Waals surface area contributed by atoms with Crippen molar-refractivity contribution in [3.63, 3.8) is 0 Å². The highest BCUT2D eigenvalue weighted by molar-refractivity contribution is 5.94. The van der Waals surface area contributed by atoms with Gasteiger partial charge in [0.2, 0.25) is 0 Å². The molecule has 5 saturated carbocycles. The molecule has 8 rings (SSSR count). The van der Waals surface area contributed by atoms with Crippen molar-refractivity contribution in [2.75, 3.05) is 19.7 Å². The van der Waals surface area contributed by atoms with Gasteiger partial charge < -0.3 is 34.4 Å². The van der Waals surface area contributed by atoms with Crippen molar-refractivity contribution in [2.24, 2.45) is 44.8 Å². The maximum atomic E-state index is 13.5. The minimum absolute atomic E-state index is 0.00597. The van der Waals surface area contributed by atoms with Crippen LogP contribution in [-0.2, 0) is 14.2 Å². The number of aliphatic hydroxyl groups is 3. The first-order valence-corrected chi connectivity index (χ1v) is 19.1. The Bertz CT molecular complexity index is 1500. The fourth-order valence-corrected chi connectivity index (χ4v) is 13.1. The van der Waals surface area contributed by atoms with Gasteiger partial charge in [0.05, 0.1) is 31.0 Å². The second-order valence-corrected chi connectivity index (χ2v) is 18.7. The topological polar surface area (TPSA) is 109 Å². The second-order valence-electron chi connectivity index (χ2n) is 18.7. The van der Waals surface area contributed by atoms with Crippen molar-refractivity contribution in [1.82, 2.24) is 4.90 Å². The van der Waals surface area contributed by atoms with Crippen LogP contribution in [0.5, 0.6) is 0 Å². The van der Waals surface area contributed by atoms with Crippen molar-refractivity contribution >= 4 is 5.91 Å². The van der Waals surface area contributed by atoms with Crippen LogP contribution < -0.4 is 0 Å². The van der Waals surface area contributed by atoms with E-state index in [1.165, 1.54) is 30.7 Å². The Hall–Kier alpha value is -1.62. The van der Waals surface area contributed by atoms with E-state index in [0.29, 0.717) is 49.8 Å². The van der Waals surface area contributed by atoms with Crippen LogP contribution in [0.25, 0.3) is 0 Å². The van der Waals surface area contributed by atoms with E-state index in [1.807, 2.05) is 0 Å². The van der Waals surface area contributed by atoms with Crippen molar-refractivity contribution in [2.45, 2.75) is 130 Å². The van der Waals surface area contributed by atoms with Gasteiger partial charge in [0, 0.05) is 23.4 Å². The molecule has 50 heavy (non-hydrogen) atoms. The molecule has 2 heterocycles. The molecule has 1 amide bonds. The number of nitrogens with zero attached hydrogens (tertiary/aromatic N) is 1. The highest BCUT2D eigenvalue weighted by atomic mass is 19.1. The molecular weight excluding hydrogens is 637 g/mol. The fourth-order valence-electron chi connectivity index (χ4n) is 13.1. The van der Waals surface area contributed by atoms with Gasteiger partial charge in [-0.25, -0.2) is 4.39 Å². The summed E-state index contributed by atoms with van der Waals surface area (Å²) in [6, 6.07) is 5.70. The summed E-state index contributed by atoms with van der Waals surface area (Å²) in [6.07, 6.45) is 6.69. The quantitative estimate of drug-likeness (QED) is 0.335. The lowest BCUT2D eigenvalue weighted by atomic mass is 9.41. The summed E-state index contributed by atoms with van der Waals surface area (Å²) in [5.74, 6) is 1.79. The van der Waals surface area contributed by atoms with E-state index in [2.05, 4.69) is 34.6 Å². The lowest BCUT2D eigenvalue weighted by molar-refractivity contribution is -0.239. The van der Waals surface area contributed by atoms with Gasteiger partial charge in [-0.2, -0.15) is 0 Å². The van der Waals surface area contributed by atoms with Crippen molar-refractivity contribution in [1.29, 1.82) is 0 Å². The zero-order chi connectivity index (χ0) is 35.8. The van der Waals surface area contributed by atoms with Crippen LogP contribution in [0.1, 0.15) is 110 Å². The van der Waals surface area contributed by atoms with Gasteiger partial charge in [-0.15, -0.1) is 0 Å². The predicted molar refractivity (Wildman–Crippen MR) is 184 cm³/mol. The van der Waals surface area contributed by atoms with Crippen molar-refractivity contribution in [3.05, 3.63) is 53.8 Å². The zero-order valence-electron chi connectivity index (χ0n) is 30.9. The molecule has 275 valence electrons. The molecule has 7 fully saturated rings. The number of fused-ring (bicyclic) bond motifs is 4. The molecule has 8 nitrogen and oxygen atoms in total. The fraction of sp³-hybridized carbons (Fsp3) is 0.756. The Morgan fingerprint density at radius 3 is 2.52 bits per heavy atom. The van der Waals surface area contributed by atoms with Gasteiger partial charge in [0.1, 0.15) is 24.1 Å². The Morgan fingerprint density at radius 1 is 1.10 bits per heavy atom. The number of hydrogen-bond donors (Lipinski definition) is 3. The van der Waals surface area contributed by atoms with Crippen molar-refractivity contribution in [3.8, 4) is 0 Å². The number of amides is 1. The van der Waals surface area contributed by atoms with E-state index >= 15 is 0 Å². The molecular formula is C41H57FNO7. The largest absolute Gasteiger partial charge is 0.389 e. The molecule has 5 aliphatic carbocycles. The number of benzene rings is 1. The Morgan fingerprint density at radius 2 is 1.82 bits per heavy atom. The molecule has 2 aliphatic heterocycles. The number of carbonyl (C=O) groups excluding carboxylic acids is 1. The van der Waals surface area contributed by atoms with Gasteiger partial charge in [0.25, 0.3) is 5.91 Å². The highest BCUT2D eigenvalue weighted by Crippen LogP contribution is 2.90. The Labute approximate surface area is 297 Å². The van der Waals surface area contributed by atoms with E-state index in [4.69, 9.17) is 14.2 Å². The number of hydrogen-bond acceptors (Lipinski definition) is 7. The molecule has 3 radical (unpaired) electrons. The number of rotatable bonds is 5. The number of ether oxygens (including phenoxy) is 3. The van der Waals surface area contributed by atoms with Crippen LogP contribution in [0.2, 0.25) is 0 Å². The first-order valence-electron chi connectivity index (χ1n) is 19.1. The Balaban J connectivity index is 0.997. The summed E-state index contributed by atoms with van der Waals surface area (Å²) in [5.41, 5.74) is -1.27. The minimum Gasteiger partial charge on any atom is -0.389 e. The number of aliphatic hydroxyl groups excluding tert-OH is 2. The van der Waals surface area contributed by atoms with Crippen LogP contribution in [0.15, 0.2) is 24.3 Å². The van der Waals surface area contributed by atoms with E-state index in [9.17, 15) is 24.5 Å². The minimum atomic E-state index is -1.33. The number of carbonyl (C=O) groups is 1. The lowest BCUT2D eigenvalue weighted by Crippen LogP contribution is -2.59. The molecule has 1 aromatic rings. The third-order valence-corrected chi connectivity index (χ3v) is 15.7. The maximum absolute atomic E-state index is 13.5. The summed E-state index contributed by atoms with van der Waals surface area (Å²) in [4.78, 5) is 15.0. The van der Waals surface area contributed by atoms with E-state index in [0.717, 1.165) is 38.5 Å². The van der Waals surface area contributed by atoms with Crippen LogP contribution in [-0.4, -0.2) is 76.0 Å². The first kappa shape index (κ1) is 35.4. The van der Waals surface area contributed by atoms with Crippen LogP contribution in [0, 0.1) is 68.8 Å². The summed E-state index contributed by atoms with van der Waals surface area (Å²) in [5, 5.41) is 34.0. The molecule has 2 saturated heterocycles. The molecule has 1 unspecified atom stereocenters.